The summed E-state index contributed by atoms with van der Waals surface area (Å²) in [5, 5.41) is 8.05. The van der Waals surface area contributed by atoms with Crippen molar-refractivity contribution in [2.24, 2.45) is 13.0 Å². The van der Waals surface area contributed by atoms with Crippen LogP contribution in [0.3, 0.4) is 0 Å². The van der Waals surface area contributed by atoms with Crippen molar-refractivity contribution in [2.75, 3.05) is 19.8 Å². The molecule has 18 heavy (non-hydrogen) atoms. The molecule has 2 rings (SSSR count). The lowest BCUT2D eigenvalue weighted by atomic mass is 10.0. The first-order valence-corrected chi connectivity index (χ1v) is 6.97. The van der Waals surface area contributed by atoms with Gasteiger partial charge in [-0.15, -0.1) is 0 Å². The zero-order chi connectivity index (χ0) is 13.0. The normalized spacial score (nSPS) is 19.9. The predicted octanol–water partition coefficient (Wildman–Crippen LogP) is 2.06. The molecular formula is C14H25N3O. The molecule has 1 unspecified atom stereocenters. The molecule has 102 valence electrons. The summed E-state index contributed by atoms with van der Waals surface area (Å²) in [6.45, 7) is 8.29. The van der Waals surface area contributed by atoms with Gasteiger partial charge in [-0.05, 0) is 31.2 Å². The summed E-state index contributed by atoms with van der Waals surface area (Å²) in [5.74, 6) is 1.25. The Morgan fingerprint density at radius 2 is 2.39 bits per heavy atom. The van der Waals surface area contributed by atoms with Crippen molar-refractivity contribution in [3.63, 3.8) is 0 Å². The van der Waals surface area contributed by atoms with Crippen LogP contribution >= 0.6 is 0 Å². The van der Waals surface area contributed by atoms with E-state index < -0.39 is 0 Å². The first-order valence-electron chi connectivity index (χ1n) is 6.97. The molecule has 1 N–H and O–H groups in total. The van der Waals surface area contributed by atoms with Gasteiger partial charge in [0.15, 0.2) is 0 Å². The molecule has 1 aliphatic heterocycles. The minimum Gasteiger partial charge on any atom is -0.381 e. The van der Waals surface area contributed by atoms with E-state index in [0.717, 1.165) is 32.2 Å². The van der Waals surface area contributed by atoms with E-state index in [-0.39, 0.29) is 0 Å². The van der Waals surface area contributed by atoms with Crippen molar-refractivity contribution in [3.05, 3.63) is 17.5 Å². The number of hydrogen-bond acceptors (Lipinski definition) is 3. The Hall–Kier alpha value is -0.870. The molecule has 0 saturated carbocycles. The third kappa shape index (κ3) is 3.56. The first-order chi connectivity index (χ1) is 8.66. The van der Waals surface area contributed by atoms with Crippen LogP contribution in [0.15, 0.2) is 6.20 Å². The lowest BCUT2D eigenvalue weighted by Crippen LogP contribution is -2.18. The Morgan fingerprint density at radius 1 is 1.56 bits per heavy atom. The van der Waals surface area contributed by atoms with Gasteiger partial charge in [-0.25, -0.2) is 0 Å². The smallest absolute Gasteiger partial charge is 0.0694 e. The minimum absolute atomic E-state index is 0.492. The second-order valence-corrected chi connectivity index (χ2v) is 5.56. The molecule has 4 nitrogen and oxygen atoms in total. The van der Waals surface area contributed by atoms with Crippen molar-refractivity contribution < 1.29 is 4.74 Å². The molecule has 1 aromatic heterocycles. The van der Waals surface area contributed by atoms with Crippen LogP contribution in [0.5, 0.6) is 0 Å². The number of nitrogens with zero attached hydrogens (tertiary/aromatic N) is 2. The number of aryl methyl sites for hydroxylation is 1. The van der Waals surface area contributed by atoms with Crippen molar-refractivity contribution in [3.8, 4) is 0 Å². The lowest BCUT2D eigenvalue weighted by Gasteiger charge is -2.09. The van der Waals surface area contributed by atoms with Gasteiger partial charge in [-0.1, -0.05) is 13.8 Å². The van der Waals surface area contributed by atoms with E-state index in [1.165, 1.54) is 24.1 Å². The third-order valence-corrected chi connectivity index (χ3v) is 3.55. The van der Waals surface area contributed by atoms with E-state index in [0.29, 0.717) is 5.92 Å². The van der Waals surface area contributed by atoms with Crippen LogP contribution in [0.2, 0.25) is 0 Å². The number of ether oxygens (including phenoxy) is 1. The summed E-state index contributed by atoms with van der Waals surface area (Å²) < 4.78 is 7.30. The molecule has 1 saturated heterocycles. The van der Waals surface area contributed by atoms with Crippen molar-refractivity contribution in [1.82, 2.24) is 15.1 Å². The van der Waals surface area contributed by atoms with Gasteiger partial charge >= 0.3 is 0 Å². The summed E-state index contributed by atoms with van der Waals surface area (Å²) in [4.78, 5) is 0. The van der Waals surface area contributed by atoms with Gasteiger partial charge in [-0.2, -0.15) is 5.10 Å². The van der Waals surface area contributed by atoms with Crippen LogP contribution in [-0.2, 0) is 18.3 Å². The van der Waals surface area contributed by atoms with Gasteiger partial charge in [0.2, 0.25) is 0 Å². The van der Waals surface area contributed by atoms with Gasteiger partial charge in [-0.3, -0.25) is 4.68 Å². The fraction of sp³-hybridized carbons (Fsp3) is 0.786. The molecule has 0 radical (unpaired) electrons. The standard InChI is InChI=1S/C14H25N3O/c1-11(2)14-13(9-17(3)16-14)8-15-6-4-12-5-7-18-10-12/h9,11-12,15H,4-8,10H2,1-3H3. The monoisotopic (exact) mass is 251 g/mol. The molecule has 1 aromatic rings. The maximum Gasteiger partial charge on any atom is 0.0694 e. The van der Waals surface area contributed by atoms with Crippen LogP contribution in [0.1, 0.15) is 43.9 Å². The van der Waals surface area contributed by atoms with Crippen LogP contribution in [0.4, 0.5) is 0 Å². The van der Waals surface area contributed by atoms with E-state index in [1.807, 2.05) is 11.7 Å². The second kappa shape index (κ2) is 6.34. The van der Waals surface area contributed by atoms with E-state index in [4.69, 9.17) is 4.74 Å². The highest BCUT2D eigenvalue weighted by molar-refractivity contribution is 5.19. The van der Waals surface area contributed by atoms with E-state index >= 15 is 0 Å². The van der Waals surface area contributed by atoms with Gasteiger partial charge in [0.25, 0.3) is 0 Å². The Kier molecular flexibility index (Phi) is 4.78. The average Bonchev–Trinajstić information content (AvgIpc) is 2.93. The van der Waals surface area contributed by atoms with Gasteiger partial charge in [0.05, 0.1) is 5.69 Å². The van der Waals surface area contributed by atoms with Crippen LogP contribution in [-0.4, -0.2) is 29.5 Å². The quantitative estimate of drug-likeness (QED) is 0.787. The summed E-state index contributed by atoms with van der Waals surface area (Å²) in [6, 6.07) is 0. The molecule has 2 heterocycles. The maximum atomic E-state index is 5.39. The fourth-order valence-electron chi connectivity index (χ4n) is 2.52. The molecule has 0 aromatic carbocycles. The van der Waals surface area contributed by atoms with Crippen LogP contribution in [0, 0.1) is 5.92 Å². The highest BCUT2D eigenvalue weighted by atomic mass is 16.5. The Balaban J connectivity index is 1.75. The number of hydrogen-bond donors (Lipinski definition) is 1. The fourth-order valence-corrected chi connectivity index (χ4v) is 2.52. The predicted molar refractivity (Wildman–Crippen MR) is 72.5 cm³/mol. The molecule has 1 fully saturated rings. The summed E-state index contributed by atoms with van der Waals surface area (Å²) in [5.41, 5.74) is 2.55. The van der Waals surface area contributed by atoms with Gasteiger partial charge in [0.1, 0.15) is 0 Å². The zero-order valence-electron chi connectivity index (χ0n) is 11.8. The second-order valence-electron chi connectivity index (χ2n) is 5.56. The molecule has 0 aliphatic carbocycles. The van der Waals surface area contributed by atoms with E-state index in [9.17, 15) is 0 Å². The largest absolute Gasteiger partial charge is 0.381 e. The van der Waals surface area contributed by atoms with Crippen LogP contribution in [0.25, 0.3) is 0 Å². The third-order valence-electron chi connectivity index (χ3n) is 3.55. The molecule has 0 spiro atoms. The number of aromatic nitrogens is 2. The van der Waals surface area contributed by atoms with Gasteiger partial charge in [0, 0.05) is 38.6 Å². The Morgan fingerprint density at radius 3 is 3.06 bits per heavy atom. The Labute approximate surface area is 110 Å². The number of rotatable bonds is 6. The highest BCUT2D eigenvalue weighted by Gasteiger charge is 2.15. The molecule has 1 aliphatic rings. The minimum atomic E-state index is 0.492. The SMILES string of the molecule is CC(C)c1nn(C)cc1CNCCC1CCOC1. The summed E-state index contributed by atoms with van der Waals surface area (Å²) in [7, 11) is 1.99. The van der Waals surface area contributed by atoms with E-state index in [1.54, 1.807) is 0 Å². The summed E-state index contributed by atoms with van der Waals surface area (Å²) >= 11 is 0. The zero-order valence-corrected chi connectivity index (χ0v) is 11.8. The molecular weight excluding hydrogens is 226 g/mol. The highest BCUT2D eigenvalue weighted by Crippen LogP contribution is 2.18. The topological polar surface area (TPSA) is 39.1 Å². The van der Waals surface area contributed by atoms with Crippen LogP contribution < -0.4 is 5.32 Å². The number of nitrogens with one attached hydrogen (secondary N) is 1. The first kappa shape index (κ1) is 13.6. The maximum absolute atomic E-state index is 5.39. The molecule has 0 amide bonds. The van der Waals surface area contributed by atoms with Crippen molar-refractivity contribution in [2.45, 2.75) is 39.2 Å². The van der Waals surface area contributed by atoms with E-state index in [2.05, 4.69) is 30.5 Å². The summed E-state index contributed by atoms with van der Waals surface area (Å²) in [6.07, 6.45) is 4.57. The lowest BCUT2D eigenvalue weighted by molar-refractivity contribution is 0.184. The Bertz CT molecular complexity index is 367. The van der Waals surface area contributed by atoms with Crippen molar-refractivity contribution >= 4 is 0 Å². The molecule has 1 atom stereocenters. The molecule has 0 bridgehead atoms. The van der Waals surface area contributed by atoms with Gasteiger partial charge < -0.3 is 10.1 Å². The van der Waals surface area contributed by atoms with Crippen molar-refractivity contribution in [1.29, 1.82) is 0 Å². The molecule has 4 heteroatoms. The average molecular weight is 251 g/mol.